The maximum atomic E-state index is 12.9. The molecule has 4 N–H and O–H groups in total. The number of nitrogens with one attached hydrogen (secondary N) is 2. The van der Waals surface area contributed by atoms with Crippen molar-refractivity contribution in [3.63, 3.8) is 0 Å². The van der Waals surface area contributed by atoms with Crippen molar-refractivity contribution < 1.29 is 43.7 Å². The Hall–Kier alpha value is -3.63. The Morgan fingerprint density at radius 2 is 1.61 bits per heavy atom. The van der Waals surface area contributed by atoms with Crippen LogP contribution in [0.1, 0.15) is 39.5 Å². The van der Waals surface area contributed by atoms with Crippen molar-refractivity contribution in [1.82, 2.24) is 10.6 Å². The fourth-order valence-corrected chi connectivity index (χ4v) is 3.58. The number of amides is 2. The minimum absolute atomic E-state index is 0.0977. The van der Waals surface area contributed by atoms with Gasteiger partial charge in [-0.2, -0.15) is 0 Å². The van der Waals surface area contributed by atoms with Gasteiger partial charge in [-0.05, 0) is 43.7 Å². The molecule has 2 amide bonds. The average Bonchev–Trinajstić information content (AvgIpc) is 2.76. The van der Waals surface area contributed by atoms with Crippen LogP contribution in [-0.2, 0) is 24.0 Å². The molecule has 0 aromatic heterocycles. The maximum Gasteiger partial charge on any atom is 0.378 e. The lowest BCUT2D eigenvalue weighted by atomic mass is 9.81. The molecule has 11 heteroatoms. The third-order valence-electron chi connectivity index (χ3n) is 5.42. The van der Waals surface area contributed by atoms with Gasteiger partial charge in [-0.15, -0.1) is 0 Å². The number of carboxylic acids is 2. The molecule has 0 radical (unpaired) electrons. The van der Waals surface area contributed by atoms with E-state index in [1.165, 1.54) is 31.2 Å². The molecule has 180 valence electrons. The standard InChI is InChI=1S/C22H28N2O9/c1-13(25)22(21(30)31,33-18-6-4-3-5-17(18)32-12-19(27)28)24-20(29)16-9-7-15(8-10-16)11-23-14(2)26/h3-6,15-16H,7-12H2,1-2H3,(H,23,26)(H,24,29)(H,27,28)(H,30,31). The van der Waals surface area contributed by atoms with Gasteiger partial charge >= 0.3 is 17.7 Å². The Kier molecular flexibility index (Phi) is 8.78. The third kappa shape index (κ3) is 6.93. The van der Waals surface area contributed by atoms with Crippen molar-refractivity contribution in [2.45, 2.75) is 45.3 Å². The van der Waals surface area contributed by atoms with Crippen LogP contribution >= 0.6 is 0 Å². The molecule has 0 aliphatic heterocycles. The zero-order valence-corrected chi connectivity index (χ0v) is 18.5. The SMILES string of the molecule is CC(=O)NCC1CCC(C(=O)NC(Oc2ccccc2OCC(=O)O)(C(C)=O)C(=O)O)CC1. The van der Waals surface area contributed by atoms with Gasteiger partial charge in [0.15, 0.2) is 18.1 Å². The van der Waals surface area contributed by atoms with Crippen molar-refractivity contribution in [3.05, 3.63) is 24.3 Å². The lowest BCUT2D eigenvalue weighted by Crippen LogP contribution is -2.64. The van der Waals surface area contributed by atoms with E-state index in [0.717, 1.165) is 6.92 Å². The maximum absolute atomic E-state index is 12.9. The monoisotopic (exact) mass is 464 g/mol. The van der Waals surface area contributed by atoms with Crippen LogP contribution < -0.4 is 20.1 Å². The molecular weight excluding hydrogens is 436 g/mol. The Balaban J connectivity index is 2.17. The topological polar surface area (TPSA) is 168 Å². The molecule has 1 aliphatic carbocycles. The van der Waals surface area contributed by atoms with Gasteiger partial charge in [0, 0.05) is 26.3 Å². The molecule has 1 atom stereocenters. The Bertz CT molecular complexity index is 893. The van der Waals surface area contributed by atoms with Crippen LogP contribution in [0.15, 0.2) is 24.3 Å². The second-order valence-electron chi connectivity index (χ2n) is 7.92. The largest absolute Gasteiger partial charge is 0.479 e. The van der Waals surface area contributed by atoms with Crippen LogP contribution in [0.3, 0.4) is 0 Å². The summed E-state index contributed by atoms with van der Waals surface area (Å²) in [6.07, 6.45) is 2.24. The summed E-state index contributed by atoms with van der Waals surface area (Å²) in [7, 11) is 0. The van der Waals surface area contributed by atoms with Gasteiger partial charge in [0.25, 0.3) is 0 Å². The molecule has 2 rings (SSSR count). The number of carboxylic acid groups (broad SMARTS) is 2. The van der Waals surface area contributed by atoms with E-state index in [9.17, 15) is 29.1 Å². The number of ketones is 1. The quantitative estimate of drug-likeness (QED) is 0.275. The zero-order chi connectivity index (χ0) is 24.6. The molecule has 0 bridgehead atoms. The van der Waals surface area contributed by atoms with E-state index in [0.29, 0.717) is 32.2 Å². The molecule has 0 spiro atoms. The molecule has 33 heavy (non-hydrogen) atoms. The summed E-state index contributed by atoms with van der Waals surface area (Å²) in [5.74, 6) is -5.37. The summed E-state index contributed by atoms with van der Waals surface area (Å²) >= 11 is 0. The van der Waals surface area contributed by atoms with Gasteiger partial charge in [-0.25, -0.2) is 9.59 Å². The first-order valence-electron chi connectivity index (χ1n) is 10.5. The summed E-state index contributed by atoms with van der Waals surface area (Å²) in [6, 6.07) is 5.65. The number of ether oxygens (including phenoxy) is 2. The molecule has 1 aromatic carbocycles. The molecule has 1 saturated carbocycles. The highest BCUT2D eigenvalue weighted by molar-refractivity contribution is 6.08. The first kappa shape index (κ1) is 25.6. The highest BCUT2D eigenvalue weighted by atomic mass is 16.6. The van der Waals surface area contributed by atoms with Crippen molar-refractivity contribution in [3.8, 4) is 11.5 Å². The Morgan fingerprint density at radius 1 is 1.00 bits per heavy atom. The fourth-order valence-electron chi connectivity index (χ4n) is 3.58. The number of carbonyl (C=O) groups excluding carboxylic acids is 3. The van der Waals surface area contributed by atoms with Gasteiger partial charge in [-0.3, -0.25) is 14.4 Å². The summed E-state index contributed by atoms with van der Waals surface area (Å²) < 4.78 is 10.6. The molecule has 1 aromatic rings. The minimum atomic E-state index is -2.72. The van der Waals surface area contributed by atoms with Gasteiger partial charge in [0.1, 0.15) is 0 Å². The van der Waals surface area contributed by atoms with E-state index < -0.39 is 41.9 Å². The van der Waals surface area contributed by atoms with Gasteiger partial charge in [0.2, 0.25) is 17.6 Å². The highest BCUT2D eigenvalue weighted by Crippen LogP contribution is 2.32. The number of hydrogen-bond acceptors (Lipinski definition) is 7. The second kappa shape index (κ2) is 11.3. The molecular formula is C22H28N2O9. The lowest BCUT2D eigenvalue weighted by molar-refractivity contribution is -0.168. The molecule has 1 aliphatic rings. The minimum Gasteiger partial charge on any atom is -0.479 e. The Morgan fingerprint density at radius 3 is 2.12 bits per heavy atom. The number of rotatable bonds is 11. The number of carbonyl (C=O) groups is 5. The number of Topliss-reactive ketones (excluding diaryl/α,β-unsaturated/α-hetero) is 1. The van der Waals surface area contributed by atoms with Crippen molar-refractivity contribution >= 4 is 29.5 Å². The normalized spacial score (nSPS) is 19.5. The zero-order valence-electron chi connectivity index (χ0n) is 18.5. The molecule has 0 heterocycles. The number of hydrogen-bond donors (Lipinski definition) is 4. The van der Waals surface area contributed by atoms with Gasteiger partial charge < -0.3 is 30.3 Å². The highest BCUT2D eigenvalue weighted by Gasteiger charge is 2.49. The number of benzene rings is 1. The summed E-state index contributed by atoms with van der Waals surface area (Å²) in [5, 5.41) is 23.7. The lowest BCUT2D eigenvalue weighted by Gasteiger charge is -2.33. The molecule has 11 nitrogen and oxygen atoms in total. The van der Waals surface area contributed by atoms with Gasteiger partial charge in [0.05, 0.1) is 0 Å². The van der Waals surface area contributed by atoms with Crippen LogP contribution in [0.5, 0.6) is 11.5 Å². The van der Waals surface area contributed by atoms with Gasteiger partial charge in [-0.1, -0.05) is 12.1 Å². The Labute approximate surface area is 190 Å². The summed E-state index contributed by atoms with van der Waals surface area (Å²) in [4.78, 5) is 59.3. The van der Waals surface area contributed by atoms with Crippen molar-refractivity contribution in [2.75, 3.05) is 13.2 Å². The van der Waals surface area contributed by atoms with Crippen LogP contribution in [0.4, 0.5) is 0 Å². The van der Waals surface area contributed by atoms with Crippen LogP contribution in [0.2, 0.25) is 0 Å². The second-order valence-corrected chi connectivity index (χ2v) is 7.92. The summed E-state index contributed by atoms with van der Waals surface area (Å²) in [5.41, 5.74) is -2.72. The van der Waals surface area contributed by atoms with E-state index in [1.807, 2.05) is 0 Å². The fraction of sp³-hybridized carbons (Fsp3) is 0.500. The first-order valence-corrected chi connectivity index (χ1v) is 10.5. The van der Waals surface area contributed by atoms with Crippen LogP contribution in [0, 0.1) is 11.8 Å². The van der Waals surface area contributed by atoms with E-state index >= 15 is 0 Å². The van der Waals surface area contributed by atoms with E-state index in [-0.39, 0.29) is 23.3 Å². The molecule has 1 fully saturated rings. The molecule has 0 saturated heterocycles. The predicted molar refractivity (Wildman–Crippen MR) is 114 cm³/mol. The summed E-state index contributed by atoms with van der Waals surface area (Å²) in [6.45, 7) is 2.19. The predicted octanol–water partition coefficient (Wildman–Crippen LogP) is 0.957. The van der Waals surface area contributed by atoms with Crippen molar-refractivity contribution in [1.29, 1.82) is 0 Å². The van der Waals surface area contributed by atoms with Crippen LogP contribution in [-0.4, -0.2) is 58.6 Å². The number of aliphatic carboxylic acids is 2. The smallest absolute Gasteiger partial charge is 0.378 e. The average molecular weight is 464 g/mol. The third-order valence-corrected chi connectivity index (χ3v) is 5.42. The van der Waals surface area contributed by atoms with E-state index in [2.05, 4.69) is 10.6 Å². The van der Waals surface area contributed by atoms with E-state index in [1.54, 1.807) is 0 Å². The van der Waals surface area contributed by atoms with Crippen molar-refractivity contribution in [2.24, 2.45) is 11.8 Å². The van der Waals surface area contributed by atoms with Crippen LogP contribution in [0.25, 0.3) is 0 Å². The number of para-hydroxylation sites is 2. The first-order chi connectivity index (χ1) is 15.5. The van der Waals surface area contributed by atoms with E-state index in [4.69, 9.17) is 14.6 Å². The molecule has 1 unspecified atom stereocenters.